The maximum Gasteiger partial charge on any atom is 0.336 e. The first kappa shape index (κ1) is 21.6. The Hall–Kier alpha value is -2.58. The molecule has 1 atom stereocenters. The van der Waals surface area contributed by atoms with Crippen LogP contribution in [0.15, 0.2) is 33.5 Å². The summed E-state index contributed by atoms with van der Waals surface area (Å²) in [4.78, 5) is 24.5. The highest BCUT2D eigenvalue weighted by Crippen LogP contribution is 2.32. The summed E-state index contributed by atoms with van der Waals surface area (Å²) < 4.78 is 36.5. The van der Waals surface area contributed by atoms with Crippen molar-refractivity contribution in [3.63, 3.8) is 0 Å². The van der Waals surface area contributed by atoms with Crippen LogP contribution in [0.25, 0.3) is 11.0 Å². The van der Waals surface area contributed by atoms with Crippen molar-refractivity contribution in [2.45, 2.75) is 33.2 Å². The van der Waals surface area contributed by atoms with Gasteiger partial charge in [-0.1, -0.05) is 11.6 Å². The number of ether oxygens (including phenoxy) is 1. The molecule has 0 radical (unpaired) electrons. The largest absolute Gasteiger partial charge is 0.484 e. The molecular formula is C22H22ClNO6S. The van der Waals surface area contributed by atoms with Crippen LogP contribution in [0.4, 0.5) is 0 Å². The predicted molar refractivity (Wildman–Crippen MR) is 118 cm³/mol. The second-order valence-corrected chi connectivity index (χ2v) is 10.6. The molecule has 1 fully saturated rings. The molecule has 2 aromatic heterocycles. The molecule has 3 aromatic rings. The molecule has 0 amide bonds. The van der Waals surface area contributed by atoms with E-state index in [-0.39, 0.29) is 35.7 Å². The number of fused-ring (bicyclic) bond motifs is 1. The summed E-state index contributed by atoms with van der Waals surface area (Å²) in [6.07, 6.45) is 0.542. The summed E-state index contributed by atoms with van der Waals surface area (Å²) >= 11 is 6.30. The monoisotopic (exact) mass is 463 g/mol. The van der Waals surface area contributed by atoms with Crippen LogP contribution in [-0.2, 0) is 9.84 Å². The van der Waals surface area contributed by atoms with Crippen molar-refractivity contribution in [1.82, 2.24) is 4.57 Å². The fourth-order valence-electron chi connectivity index (χ4n) is 4.25. The molecular weight excluding hydrogens is 442 g/mol. The summed E-state index contributed by atoms with van der Waals surface area (Å²) in [7, 11) is -3.04. The number of nitrogens with zero attached hydrogens (tertiary/aromatic N) is 1. The summed E-state index contributed by atoms with van der Waals surface area (Å²) in [5, 5.41) is 0.997. The van der Waals surface area contributed by atoms with Crippen LogP contribution in [0.2, 0.25) is 5.02 Å². The van der Waals surface area contributed by atoms with Gasteiger partial charge in [0.05, 0.1) is 16.5 Å². The Morgan fingerprint density at radius 2 is 1.97 bits per heavy atom. The van der Waals surface area contributed by atoms with Gasteiger partial charge in [-0.15, -0.1) is 0 Å². The van der Waals surface area contributed by atoms with Crippen molar-refractivity contribution >= 4 is 38.2 Å². The van der Waals surface area contributed by atoms with Gasteiger partial charge < -0.3 is 13.7 Å². The van der Waals surface area contributed by atoms with Gasteiger partial charge in [0.15, 0.2) is 16.4 Å². The first-order valence-electron chi connectivity index (χ1n) is 9.84. The molecule has 4 rings (SSSR count). The van der Waals surface area contributed by atoms with E-state index in [9.17, 15) is 18.0 Å². The zero-order valence-corrected chi connectivity index (χ0v) is 19.0. The highest BCUT2D eigenvalue weighted by Gasteiger charge is 2.31. The predicted octanol–water partition coefficient (Wildman–Crippen LogP) is 3.79. The van der Waals surface area contributed by atoms with Crippen LogP contribution < -0.4 is 10.4 Å². The highest BCUT2D eigenvalue weighted by molar-refractivity contribution is 7.91. The van der Waals surface area contributed by atoms with Gasteiger partial charge in [-0.3, -0.25) is 4.79 Å². The lowest BCUT2D eigenvalue weighted by atomic mass is 10.1. The fraction of sp³-hybridized carbons (Fsp3) is 0.364. The number of Topliss-reactive ketones (excluding diaryl/α,β-unsaturated/α-hetero) is 1. The minimum atomic E-state index is -3.04. The normalized spacial score (nSPS) is 17.9. The average molecular weight is 464 g/mol. The number of aryl methyl sites for hydroxylation is 2. The van der Waals surface area contributed by atoms with Crippen LogP contribution in [0.1, 0.15) is 39.8 Å². The van der Waals surface area contributed by atoms with Crippen molar-refractivity contribution in [2.24, 2.45) is 0 Å². The third-order valence-electron chi connectivity index (χ3n) is 5.72. The number of aromatic nitrogens is 1. The minimum Gasteiger partial charge on any atom is -0.484 e. The smallest absolute Gasteiger partial charge is 0.336 e. The number of halogens is 1. The van der Waals surface area contributed by atoms with Crippen molar-refractivity contribution in [3.8, 4) is 5.75 Å². The van der Waals surface area contributed by atoms with Gasteiger partial charge in [-0.2, -0.15) is 0 Å². The number of hydrogen-bond donors (Lipinski definition) is 0. The molecule has 31 heavy (non-hydrogen) atoms. The van der Waals surface area contributed by atoms with Crippen LogP contribution in [-0.4, -0.2) is 36.9 Å². The zero-order valence-electron chi connectivity index (χ0n) is 17.4. The molecule has 1 aliphatic rings. The summed E-state index contributed by atoms with van der Waals surface area (Å²) in [6.45, 7) is 5.20. The molecule has 9 heteroatoms. The second kappa shape index (κ2) is 7.84. The fourth-order valence-corrected chi connectivity index (χ4v) is 6.17. The topological polar surface area (TPSA) is 95.6 Å². The molecule has 0 N–H and O–H groups in total. The van der Waals surface area contributed by atoms with E-state index in [1.165, 1.54) is 12.1 Å². The second-order valence-electron chi connectivity index (χ2n) is 7.95. The standard InChI is InChI=1S/C22H22ClNO6S/c1-12-6-22(26)30-20-9-21(18(23)8-16(12)20)29-10-19(25)17-7-13(2)24(14(17)3)15-4-5-31(27,28)11-15/h6-9,15H,4-5,10-11H2,1-3H3. The third-order valence-corrected chi connectivity index (χ3v) is 7.77. The van der Waals surface area contributed by atoms with E-state index in [2.05, 4.69) is 0 Å². The van der Waals surface area contributed by atoms with Crippen molar-refractivity contribution < 1.29 is 22.4 Å². The zero-order chi connectivity index (χ0) is 22.5. The molecule has 0 spiro atoms. The summed E-state index contributed by atoms with van der Waals surface area (Å²) in [5.41, 5.74) is 2.63. The van der Waals surface area contributed by atoms with E-state index >= 15 is 0 Å². The van der Waals surface area contributed by atoms with Crippen molar-refractivity contribution in [2.75, 3.05) is 18.1 Å². The van der Waals surface area contributed by atoms with Gasteiger partial charge in [-0.05, 0) is 44.9 Å². The number of sulfone groups is 1. The van der Waals surface area contributed by atoms with Crippen molar-refractivity contribution in [1.29, 1.82) is 0 Å². The number of hydrogen-bond acceptors (Lipinski definition) is 6. The van der Waals surface area contributed by atoms with E-state index in [4.69, 9.17) is 20.8 Å². The Morgan fingerprint density at radius 1 is 1.23 bits per heavy atom. The van der Waals surface area contributed by atoms with Gasteiger partial charge >= 0.3 is 5.63 Å². The Kier molecular flexibility index (Phi) is 5.47. The molecule has 1 aliphatic heterocycles. The Labute approximate surface area is 184 Å². The van der Waals surface area contributed by atoms with Gasteiger partial charge in [0.25, 0.3) is 0 Å². The highest BCUT2D eigenvalue weighted by atomic mass is 35.5. The Bertz CT molecular complexity index is 1370. The van der Waals surface area contributed by atoms with Crippen LogP contribution in [0, 0.1) is 20.8 Å². The number of rotatable bonds is 5. The van der Waals surface area contributed by atoms with E-state index in [0.29, 0.717) is 28.0 Å². The number of carbonyl (C=O) groups excluding carboxylic acids is 1. The molecule has 3 heterocycles. The van der Waals surface area contributed by atoms with E-state index < -0.39 is 15.5 Å². The molecule has 1 aromatic carbocycles. The van der Waals surface area contributed by atoms with Gasteiger partial charge in [0.2, 0.25) is 5.78 Å². The molecule has 0 bridgehead atoms. The first-order chi connectivity index (χ1) is 14.6. The SMILES string of the molecule is Cc1cc(=O)oc2cc(OCC(=O)c3cc(C)n(C4CCS(=O)(=O)C4)c3C)c(Cl)cc12. The minimum absolute atomic E-state index is 0.0881. The Balaban J connectivity index is 1.57. The van der Waals surface area contributed by atoms with E-state index in [0.717, 1.165) is 17.0 Å². The van der Waals surface area contributed by atoms with Gasteiger partial charge in [0, 0.05) is 40.5 Å². The molecule has 164 valence electrons. The average Bonchev–Trinajstić information content (AvgIpc) is 3.18. The maximum absolute atomic E-state index is 12.9. The molecule has 0 aliphatic carbocycles. The molecule has 7 nitrogen and oxygen atoms in total. The number of benzene rings is 1. The van der Waals surface area contributed by atoms with Gasteiger partial charge in [0.1, 0.15) is 11.3 Å². The van der Waals surface area contributed by atoms with Crippen LogP contribution in [0.5, 0.6) is 5.75 Å². The molecule has 1 saturated heterocycles. The summed E-state index contributed by atoms with van der Waals surface area (Å²) in [5.74, 6) is 0.246. The quantitative estimate of drug-likeness (QED) is 0.422. The van der Waals surface area contributed by atoms with Gasteiger partial charge in [-0.25, -0.2) is 13.2 Å². The van der Waals surface area contributed by atoms with E-state index in [1.54, 1.807) is 19.1 Å². The Morgan fingerprint density at radius 3 is 2.65 bits per heavy atom. The first-order valence-corrected chi connectivity index (χ1v) is 12.0. The molecule has 0 saturated carbocycles. The maximum atomic E-state index is 12.9. The number of ketones is 1. The lowest BCUT2D eigenvalue weighted by Crippen LogP contribution is -2.16. The lowest BCUT2D eigenvalue weighted by Gasteiger charge is -2.16. The molecule has 1 unspecified atom stereocenters. The number of carbonyl (C=O) groups is 1. The van der Waals surface area contributed by atoms with Crippen molar-refractivity contribution in [3.05, 3.63) is 62.2 Å². The lowest BCUT2D eigenvalue weighted by molar-refractivity contribution is 0.0921. The summed E-state index contributed by atoms with van der Waals surface area (Å²) in [6, 6.07) is 6.13. The van der Waals surface area contributed by atoms with Crippen LogP contribution in [0.3, 0.4) is 0 Å². The third kappa shape index (κ3) is 4.14. The van der Waals surface area contributed by atoms with Crippen LogP contribution >= 0.6 is 11.6 Å². The van der Waals surface area contributed by atoms with E-state index in [1.807, 2.05) is 18.4 Å².